The van der Waals surface area contributed by atoms with Crippen molar-refractivity contribution in [1.29, 1.82) is 0 Å². The van der Waals surface area contributed by atoms with Crippen molar-refractivity contribution in [1.82, 2.24) is 4.98 Å². The Hall–Kier alpha value is -2.27. The molecule has 0 amide bonds. The number of carbonyl (C=O) groups excluding carboxylic acids is 1. The number of benzene rings is 2. The van der Waals surface area contributed by atoms with Crippen molar-refractivity contribution in [3.8, 4) is 5.75 Å². The van der Waals surface area contributed by atoms with Gasteiger partial charge in [0.2, 0.25) is 0 Å². The normalized spacial score (nSPS) is 10.8. The largest absolute Gasteiger partial charge is 0.505 e. The number of halogens is 1. The number of Topliss-reactive ketones (excluding diaryl/α,β-unsaturated/α-hetero) is 1. The van der Waals surface area contributed by atoms with E-state index in [2.05, 4.69) is 4.98 Å². The maximum absolute atomic E-state index is 13.2. The number of para-hydroxylation sites is 1. The molecule has 0 bridgehead atoms. The van der Waals surface area contributed by atoms with Gasteiger partial charge < -0.3 is 5.11 Å². The number of fused-ring (bicyclic) bond motifs is 1. The minimum Gasteiger partial charge on any atom is -0.505 e. The Labute approximate surface area is 118 Å². The van der Waals surface area contributed by atoms with Crippen LogP contribution in [0.25, 0.3) is 10.2 Å². The van der Waals surface area contributed by atoms with Gasteiger partial charge in [0.25, 0.3) is 0 Å². The summed E-state index contributed by atoms with van der Waals surface area (Å²) in [4.78, 5) is 16.4. The molecule has 2 aromatic carbocycles. The molecule has 20 heavy (non-hydrogen) atoms. The second kappa shape index (κ2) is 5.02. The van der Waals surface area contributed by atoms with E-state index in [1.165, 1.54) is 29.5 Å². The Bertz CT molecular complexity index is 764. The third-order valence-corrected chi connectivity index (χ3v) is 3.99. The zero-order valence-corrected chi connectivity index (χ0v) is 11.2. The van der Waals surface area contributed by atoms with E-state index in [9.17, 15) is 9.18 Å². The zero-order chi connectivity index (χ0) is 14.1. The van der Waals surface area contributed by atoms with E-state index in [0.717, 1.165) is 10.2 Å². The number of hydrogen-bond acceptors (Lipinski definition) is 4. The van der Waals surface area contributed by atoms with E-state index in [1.54, 1.807) is 0 Å². The molecule has 1 aromatic heterocycles. The standard InChI is InChI=1S/C15H10FNO2S/c16-10-7-9(5-6-12(10)18)8-13(19)15-17-11-3-1-2-4-14(11)20-15/h1-7,18H,8H2. The van der Waals surface area contributed by atoms with Crippen LogP contribution in [0, 0.1) is 5.82 Å². The number of ketones is 1. The van der Waals surface area contributed by atoms with Crippen LogP contribution >= 0.6 is 11.3 Å². The summed E-state index contributed by atoms with van der Waals surface area (Å²) >= 11 is 1.33. The SMILES string of the molecule is O=C(Cc1ccc(O)c(F)c1)c1nc2ccccc2s1. The number of phenols is 1. The fraction of sp³-hybridized carbons (Fsp3) is 0.0667. The van der Waals surface area contributed by atoms with E-state index in [-0.39, 0.29) is 12.2 Å². The van der Waals surface area contributed by atoms with Gasteiger partial charge in [-0.25, -0.2) is 9.37 Å². The van der Waals surface area contributed by atoms with Gasteiger partial charge in [0.05, 0.1) is 10.2 Å². The van der Waals surface area contributed by atoms with Crippen LogP contribution in [0.3, 0.4) is 0 Å². The highest BCUT2D eigenvalue weighted by Gasteiger charge is 2.13. The van der Waals surface area contributed by atoms with Crippen LogP contribution in [0.2, 0.25) is 0 Å². The highest BCUT2D eigenvalue weighted by Crippen LogP contribution is 2.23. The van der Waals surface area contributed by atoms with Crippen molar-refractivity contribution >= 4 is 27.3 Å². The van der Waals surface area contributed by atoms with Crippen LogP contribution in [0.4, 0.5) is 4.39 Å². The Balaban J connectivity index is 1.86. The first-order chi connectivity index (χ1) is 9.63. The second-order valence-corrected chi connectivity index (χ2v) is 5.40. The summed E-state index contributed by atoms with van der Waals surface area (Å²) < 4.78 is 14.2. The van der Waals surface area contributed by atoms with Crippen molar-refractivity contribution in [3.05, 3.63) is 58.9 Å². The quantitative estimate of drug-likeness (QED) is 0.749. The Morgan fingerprint density at radius 1 is 1.25 bits per heavy atom. The summed E-state index contributed by atoms with van der Waals surface area (Å²) in [5, 5.41) is 9.54. The topological polar surface area (TPSA) is 50.2 Å². The van der Waals surface area contributed by atoms with Crippen LogP contribution in [0.15, 0.2) is 42.5 Å². The molecule has 0 atom stereocenters. The first kappa shape index (κ1) is 12.7. The van der Waals surface area contributed by atoms with Gasteiger partial charge in [0.15, 0.2) is 22.4 Å². The number of aromatic hydroxyl groups is 1. The molecule has 0 saturated heterocycles. The molecule has 0 aliphatic rings. The van der Waals surface area contributed by atoms with Gasteiger partial charge >= 0.3 is 0 Å². The van der Waals surface area contributed by atoms with E-state index >= 15 is 0 Å². The summed E-state index contributed by atoms with van der Waals surface area (Å²) in [6.07, 6.45) is 0.0665. The highest BCUT2D eigenvalue weighted by molar-refractivity contribution is 7.20. The second-order valence-electron chi connectivity index (χ2n) is 4.37. The molecule has 0 radical (unpaired) electrons. The van der Waals surface area contributed by atoms with Gasteiger partial charge in [0, 0.05) is 6.42 Å². The molecule has 0 aliphatic heterocycles. The maximum atomic E-state index is 13.2. The number of phenolic OH excluding ortho intramolecular Hbond substituents is 1. The number of hydrogen-bond donors (Lipinski definition) is 1. The van der Waals surface area contributed by atoms with Gasteiger partial charge in [-0.3, -0.25) is 4.79 Å². The van der Waals surface area contributed by atoms with Crippen LogP contribution in [0.1, 0.15) is 15.4 Å². The summed E-state index contributed by atoms with van der Waals surface area (Å²) in [7, 11) is 0. The van der Waals surface area contributed by atoms with Crippen LogP contribution in [-0.4, -0.2) is 15.9 Å². The molecule has 100 valence electrons. The summed E-state index contributed by atoms with van der Waals surface area (Å²) in [6, 6.07) is 11.5. The third-order valence-electron chi connectivity index (χ3n) is 2.91. The fourth-order valence-electron chi connectivity index (χ4n) is 1.91. The minimum absolute atomic E-state index is 0.0665. The van der Waals surface area contributed by atoms with Gasteiger partial charge in [-0.1, -0.05) is 18.2 Å². The lowest BCUT2D eigenvalue weighted by Crippen LogP contribution is -2.03. The average molecular weight is 287 g/mol. The van der Waals surface area contributed by atoms with E-state index in [1.807, 2.05) is 24.3 Å². The van der Waals surface area contributed by atoms with Crippen molar-refractivity contribution in [2.75, 3.05) is 0 Å². The monoisotopic (exact) mass is 287 g/mol. The Morgan fingerprint density at radius 3 is 2.80 bits per heavy atom. The van der Waals surface area contributed by atoms with Crippen molar-refractivity contribution in [3.63, 3.8) is 0 Å². The molecule has 1 N–H and O–H groups in total. The van der Waals surface area contributed by atoms with Crippen LogP contribution in [-0.2, 0) is 6.42 Å². The lowest BCUT2D eigenvalue weighted by molar-refractivity contribution is 0.0992. The maximum Gasteiger partial charge on any atom is 0.195 e. The van der Waals surface area contributed by atoms with Crippen molar-refractivity contribution in [2.24, 2.45) is 0 Å². The lowest BCUT2D eigenvalue weighted by atomic mass is 10.1. The Kier molecular flexibility index (Phi) is 3.20. The molecule has 0 unspecified atom stereocenters. The number of carbonyl (C=O) groups is 1. The molecule has 0 fully saturated rings. The predicted octanol–water partition coefficient (Wildman–Crippen LogP) is 3.57. The van der Waals surface area contributed by atoms with Gasteiger partial charge in [0.1, 0.15) is 0 Å². The Morgan fingerprint density at radius 2 is 2.05 bits per heavy atom. The molecule has 5 heteroatoms. The van der Waals surface area contributed by atoms with Crippen LogP contribution in [0.5, 0.6) is 5.75 Å². The smallest absolute Gasteiger partial charge is 0.195 e. The highest BCUT2D eigenvalue weighted by atomic mass is 32.1. The summed E-state index contributed by atoms with van der Waals surface area (Å²) in [6.45, 7) is 0. The zero-order valence-electron chi connectivity index (χ0n) is 10.3. The molecule has 3 aromatic rings. The van der Waals surface area contributed by atoms with E-state index < -0.39 is 11.6 Å². The van der Waals surface area contributed by atoms with Gasteiger partial charge in [-0.05, 0) is 29.8 Å². The number of aromatic nitrogens is 1. The average Bonchev–Trinajstić information content (AvgIpc) is 2.87. The lowest BCUT2D eigenvalue weighted by Gasteiger charge is -2.00. The molecule has 3 nitrogen and oxygen atoms in total. The number of thiazole rings is 1. The van der Waals surface area contributed by atoms with Gasteiger partial charge in [-0.2, -0.15) is 0 Å². The van der Waals surface area contributed by atoms with Crippen LogP contribution < -0.4 is 0 Å². The molecule has 3 rings (SSSR count). The summed E-state index contributed by atoms with van der Waals surface area (Å²) in [5.74, 6) is -1.29. The molecule has 0 spiro atoms. The first-order valence-electron chi connectivity index (χ1n) is 5.99. The van der Waals surface area contributed by atoms with Crippen molar-refractivity contribution < 1.29 is 14.3 Å². The van der Waals surface area contributed by atoms with Crippen molar-refractivity contribution in [2.45, 2.75) is 6.42 Å². The molecular formula is C15H10FNO2S. The third kappa shape index (κ3) is 2.40. The number of rotatable bonds is 3. The first-order valence-corrected chi connectivity index (χ1v) is 6.81. The molecule has 0 saturated carbocycles. The molecular weight excluding hydrogens is 277 g/mol. The van der Waals surface area contributed by atoms with Gasteiger partial charge in [-0.15, -0.1) is 11.3 Å². The van der Waals surface area contributed by atoms with E-state index in [0.29, 0.717) is 10.6 Å². The molecule has 0 aliphatic carbocycles. The molecule has 1 heterocycles. The number of nitrogens with zero attached hydrogens (tertiary/aromatic N) is 1. The fourth-order valence-corrected chi connectivity index (χ4v) is 2.82. The summed E-state index contributed by atoms with van der Waals surface area (Å²) in [5.41, 5.74) is 1.31. The minimum atomic E-state index is -0.723. The predicted molar refractivity (Wildman–Crippen MR) is 75.7 cm³/mol. The van der Waals surface area contributed by atoms with E-state index in [4.69, 9.17) is 5.11 Å².